The maximum atomic E-state index is 12.9. The molecule has 0 spiro atoms. The van der Waals surface area contributed by atoms with Crippen LogP contribution in [-0.2, 0) is 11.3 Å². The standard InChI is InChI=1S/C16H12Br2N4O/c17-15-19-16(18)21(20-15)11-14(23)22(12-7-3-1-4-8-12)13-9-5-2-6-10-13/h1-10H,11H2. The Balaban J connectivity index is 1.95. The fourth-order valence-electron chi connectivity index (χ4n) is 2.19. The molecular weight excluding hydrogens is 424 g/mol. The quantitative estimate of drug-likeness (QED) is 0.617. The van der Waals surface area contributed by atoms with Crippen LogP contribution < -0.4 is 4.90 Å². The van der Waals surface area contributed by atoms with Gasteiger partial charge in [0.05, 0.1) is 0 Å². The SMILES string of the molecule is O=C(Cn1nc(Br)nc1Br)N(c1ccccc1)c1ccccc1. The van der Waals surface area contributed by atoms with E-state index < -0.39 is 0 Å². The van der Waals surface area contributed by atoms with E-state index in [1.165, 1.54) is 4.68 Å². The number of nitrogens with zero attached hydrogens (tertiary/aromatic N) is 4. The minimum atomic E-state index is -0.111. The normalized spacial score (nSPS) is 10.5. The van der Waals surface area contributed by atoms with E-state index in [-0.39, 0.29) is 12.5 Å². The largest absolute Gasteiger partial charge is 0.279 e. The van der Waals surface area contributed by atoms with Crippen LogP contribution >= 0.6 is 31.9 Å². The number of benzene rings is 2. The first-order valence-corrected chi connectivity index (χ1v) is 8.42. The molecule has 0 bridgehead atoms. The van der Waals surface area contributed by atoms with Gasteiger partial charge in [-0.05, 0) is 56.1 Å². The van der Waals surface area contributed by atoms with Crippen molar-refractivity contribution in [2.75, 3.05) is 4.90 Å². The predicted octanol–water partition coefficient (Wildman–Crippen LogP) is 4.17. The van der Waals surface area contributed by atoms with Crippen molar-refractivity contribution in [3.63, 3.8) is 0 Å². The molecule has 0 fully saturated rings. The molecule has 0 N–H and O–H groups in total. The van der Waals surface area contributed by atoms with Crippen molar-refractivity contribution in [1.29, 1.82) is 0 Å². The molecule has 0 radical (unpaired) electrons. The molecule has 0 aliphatic rings. The van der Waals surface area contributed by atoms with Crippen molar-refractivity contribution >= 4 is 49.1 Å². The van der Waals surface area contributed by atoms with Crippen molar-refractivity contribution in [3.05, 3.63) is 70.1 Å². The average molecular weight is 436 g/mol. The van der Waals surface area contributed by atoms with Crippen molar-refractivity contribution in [3.8, 4) is 0 Å². The van der Waals surface area contributed by atoms with Crippen LogP contribution in [0.2, 0.25) is 0 Å². The molecule has 1 aromatic heterocycles. The molecule has 2 aromatic carbocycles. The summed E-state index contributed by atoms with van der Waals surface area (Å²) in [6.07, 6.45) is 0. The fourth-order valence-corrected chi connectivity index (χ4v) is 3.16. The van der Waals surface area contributed by atoms with Gasteiger partial charge in [0, 0.05) is 11.4 Å². The summed E-state index contributed by atoms with van der Waals surface area (Å²) < 4.78 is 2.44. The zero-order chi connectivity index (χ0) is 16.2. The molecule has 0 saturated carbocycles. The maximum Gasteiger partial charge on any atom is 0.253 e. The van der Waals surface area contributed by atoms with Crippen LogP contribution in [0.5, 0.6) is 0 Å². The number of hydrogen-bond donors (Lipinski definition) is 0. The van der Waals surface area contributed by atoms with Gasteiger partial charge in [-0.2, -0.15) is 4.98 Å². The van der Waals surface area contributed by atoms with Crippen LogP contribution in [0.3, 0.4) is 0 Å². The molecular formula is C16H12Br2N4O. The highest BCUT2D eigenvalue weighted by molar-refractivity contribution is 9.11. The second-order valence-electron chi connectivity index (χ2n) is 4.71. The molecule has 0 unspecified atom stereocenters. The van der Waals surface area contributed by atoms with Gasteiger partial charge in [-0.1, -0.05) is 36.4 Å². The van der Waals surface area contributed by atoms with Crippen LogP contribution in [0.4, 0.5) is 11.4 Å². The number of hydrogen-bond acceptors (Lipinski definition) is 3. The summed E-state index contributed by atoms with van der Waals surface area (Å²) in [6, 6.07) is 19.1. The third-order valence-corrected chi connectivity index (χ3v) is 4.09. The van der Waals surface area contributed by atoms with Crippen LogP contribution in [0.15, 0.2) is 70.1 Å². The smallest absolute Gasteiger partial charge is 0.253 e. The van der Waals surface area contributed by atoms with Gasteiger partial charge in [-0.3, -0.25) is 9.69 Å². The van der Waals surface area contributed by atoms with Gasteiger partial charge >= 0.3 is 0 Å². The lowest BCUT2D eigenvalue weighted by molar-refractivity contribution is -0.118. The molecule has 1 heterocycles. The molecule has 3 rings (SSSR count). The summed E-state index contributed by atoms with van der Waals surface area (Å²) in [6.45, 7) is 0.0724. The monoisotopic (exact) mass is 434 g/mol. The maximum absolute atomic E-state index is 12.9. The molecule has 0 aliphatic heterocycles. The van der Waals surface area contributed by atoms with Gasteiger partial charge in [0.15, 0.2) is 4.73 Å². The summed E-state index contributed by atoms with van der Waals surface area (Å²) >= 11 is 6.50. The zero-order valence-electron chi connectivity index (χ0n) is 11.9. The van der Waals surface area contributed by atoms with Crippen molar-refractivity contribution in [2.24, 2.45) is 0 Å². The Morgan fingerprint density at radius 1 is 0.957 bits per heavy atom. The first-order chi connectivity index (χ1) is 11.1. The Kier molecular flexibility index (Phi) is 4.88. The summed E-state index contributed by atoms with van der Waals surface area (Å²) in [5, 5.41) is 4.15. The number of halogens is 2. The van der Waals surface area contributed by atoms with Gasteiger partial charge in [0.2, 0.25) is 4.73 Å². The Bertz CT molecular complexity index is 766. The van der Waals surface area contributed by atoms with Crippen LogP contribution in [0.25, 0.3) is 0 Å². The van der Waals surface area contributed by atoms with E-state index in [9.17, 15) is 4.79 Å². The Morgan fingerprint density at radius 2 is 1.48 bits per heavy atom. The number of rotatable bonds is 4. The predicted molar refractivity (Wildman–Crippen MR) is 95.5 cm³/mol. The number of aromatic nitrogens is 3. The summed E-state index contributed by atoms with van der Waals surface area (Å²) in [5.74, 6) is -0.111. The minimum Gasteiger partial charge on any atom is -0.279 e. The lowest BCUT2D eigenvalue weighted by Gasteiger charge is -2.23. The van der Waals surface area contributed by atoms with E-state index in [2.05, 4.69) is 41.9 Å². The topological polar surface area (TPSA) is 51.0 Å². The number of amides is 1. The number of carbonyl (C=O) groups excluding carboxylic acids is 1. The molecule has 0 saturated heterocycles. The van der Waals surface area contributed by atoms with Crippen molar-refractivity contribution in [1.82, 2.24) is 14.8 Å². The molecule has 7 heteroatoms. The van der Waals surface area contributed by atoms with Crippen molar-refractivity contribution in [2.45, 2.75) is 6.54 Å². The summed E-state index contributed by atoms with van der Waals surface area (Å²) in [5.41, 5.74) is 1.61. The van der Waals surface area contributed by atoms with Gasteiger partial charge in [0.1, 0.15) is 6.54 Å². The minimum absolute atomic E-state index is 0.0724. The van der Waals surface area contributed by atoms with Gasteiger partial charge in [0.25, 0.3) is 5.91 Å². The van der Waals surface area contributed by atoms with E-state index in [4.69, 9.17) is 0 Å². The van der Waals surface area contributed by atoms with Crippen LogP contribution in [-0.4, -0.2) is 20.7 Å². The Hall–Kier alpha value is -1.99. The lowest BCUT2D eigenvalue weighted by atomic mass is 10.2. The van der Waals surface area contributed by atoms with Gasteiger partial charge in [-0.15, -0.1) is 5.10 Å². The van der Waals surface area contributed by atoms with Gasteiger partial charge < -0.3 is 0 Å². The molecule has 116 valence electrons. The lowest BCUT2D eigenvalue weighted by Crippen LogP contribution is -2.30. The van der Waals surface area contributed by atoms with Crippen LogP contribution in [0, 0.1) is 0 Å². The number of carbonyl (C=O) groups is 1. The summed E-state index contributed by atoms with van der Waals surface area (Å²) in [7, 11) is 0. The fraction of sp³-hybridized carbons (Fsp3) is 0.0625. The molecule has 3 aromatic rings. The second-order valence-corrected chi connectivity index (χ2v) is 6.13. The molecule has 23 heavy (non-hydrogen) atoms. The second kappa shape index (κ2) is 7.06. The zero-order valence-corrected chi connectivity index (χ0v) is 15.1. The molecule has 5 nitrogen and oxygen atoms in total. The highest BCUT2D eigenvalue weighted by Gasteiger charge is 2.20. The highest BCUT2D eigenvalue weighted by Crippen LogP contribution is 2.25. The molecule has 1 amide bonds. The third kappa shape index (κ3) is 3.68. The number of anilines is 2. The summed E-state index contributed by atoms with van der Waals surface area (Å²) in [4.78, 5) is 18.6. The Labute approximate surface area is 150 Å². The van der Waals surface area contributed by atoms with E-state index in [0.717, 1.165) is 11.4 Å². The molecule has 0 aliphatic carbocycles. The van der Waals surface area contributed by atoms with E-state index >= 15 is 0 Å². The molecule has 0 atom stereocenters. The van der Waals surface area contributed by atoms with Gasteiger partial charge in [-0.25, -0.2) is 4.68 Å². The Morgan fingerprint density at radius 3 is 1.91 bits per heavy atom. The van der Waals surface area contributed by atoms with E-state index in [1.54, 1.807) is 4.90 Å². The first-order valence-electron chi connectivity index (χ1n) is 6.84. The number of para-hydroxylation sites is 2. The third-order valence-electron chi connectivity index (χ3n) is 3.16. The highest BCUT2D eigenvalue weighted by atomic mass is 79.9. The average Bonchev–Trinajstić information content (AvgIpc) is 2.87. The van der Waals surface area contributed by atoms with E-state index in [1.807, 2.05) is 60.7 Å². The van der Waals surface area contributed by atoms with Crippen molar-refractivity contribution < 1.29 is 4.79 Å². The first kappa shape index (κ1) is 15.9. The van der Waals surface area contributed by atoms with E-state index in [0.29, 0.717) is 9.47 Å². The van der Waals surface area contributed by atoms with Crippen LogP contribution in [0.1, 0.15) is 0 Å².